The van der Waals surface area contributed by atoms with Crippen LogP contribution in [0.1, 0.15) is 53.6 Å². The minimum absolute atomic E-state index is 0.0600. The highest BCUT2D eigenvalue weighted by Gasteiger charge is 2.26. The van der Waals surface area contributed by atoms with Crippen molar-refractivity contribution in [3.8, 4) is 0 Å². The topological polar surface area (TPSA) is 327 Å². The lowest BCUT2D eigenvalue weighted by molar-refractivity contribution is -0.141. The van der Waals surface area contributed by atoms with E-state index in [2.05, 4.69) is 31.9 Å². The van der Waals surface area contributed by atoms with Gasteiger partial charge in [-0.2, -0.15) is 0 Å². The lowest BCUT2D eigenvalue weighted by atomic mass is 10.1. The second kappa shape index (κ2) is 28.7. The molecule has 23 nitrogen and oxygen atoms in total. The van der Waals surface area contributed by atoms with E-state index < -0.39 is 66.8 Å². The number of hydrogen-bond acceptors (Lipinski definition) is 13. The first kappa shape index (κ1) is 55.1. The molecule has 2 atom stereocenters. The van der Waals surface area contributed by atoms with Gasteiger partial charge in [-0.3, -0.25) is 48.4 Å². The lowest BCUT2D eigenvalue weighted by Gasteiger charge is -2.32. The van der Waals surface area contributed by atoms with Gasteiger partial charge in [-0.25, -0.2) is 14.4 Å². The number of carboxylic acids is 6. The summed E-state index contributed by atoms with van der Waals surface area (Å²) in [5, 5.41) is 63.5. The van der Waals surface area contributed by atoms with Crippen molar-refractivity contribution in [2.75, 3.05) is 85.1 Å². The van der Waals surface area contributed by atoms with Gasteiger partial charge in [0.25, 0.3) is 5.91 Å². The maximum Gasteiger partial charge on any atom is 0.326 e. The molecule has 3 rings (SSSR count). The number of carbonyl (C=O) groups is 9. The third kappa shape index (κ3) is 22.2. The maximum atomic E-state index is 13.9. The molecule has 368 valence electrons. The van der Waals surface area contributed by atoms with E-state index in [9.17, 15) is 68.7 Å². The Balaban J connectivity index is 1.64. The number of rotatable bonds is 25. The molecule has 24 heteroatoms. The number of nitrogens with one attached hydrogen (secondary N) is 3. The minimum atomic E-state index is -1.55. The number of amides is 4. The van der Waals surface area contributed by atoms with E-state index in [1.807, 2.05) is 24.3 Å². The molecular formula is C43H59BrN8O15. The number of benzene rings is 2. The van der Waals surface area contributed by atoms with E-state index in [-0.39, 0.29) is 123 Å². The van der Waals surface area contributed by atoms with Crippen molar-refractivity contribution in [1.29, 1.82) is 0 Å². The Morgan fingerprint density at radius 1 is 0.552 bits per heavy atom. The van der Waals surface area contributed by atoms with Crippen LogP contribution in [0.4, 0.5) is 4.79 Å². The quantitative estimate of drug-likeness (QED) is 0.0609. The molecule has 2 aromatic carbocycles. The second-order valence-corrected chi connectivity index (χ2v) is 16.9. The Labute approximate surface area is 394 Å². The smallest absolute Gasteiger partial charge is 0.326 e. The van der Waals surface area contributed by atoms with Gasteiger partial charge >= 0.3 is 41.8 Å². The third-order valence-electron chi connectivity index (χ3n) is 10.7. The second-order valence-electron chi connectivity index (χ2n) is 15.9. The van der Waals surface area contributed by atoms with Gasteiger partial charge in [0.2, 0.25) is 5.91 Å². The van der Waals surface area contributed by atoms with Gasteiger partial charge in [0.05, 0.1) is 26.2 Å². The van der Waals surface area contributed by atoms with Gasteiger partial charge in [0.15, 0.2) is 0 Å². The highest BCUT2D eigenvalue weighted by molar-refractivity contribution is 9.10. The fourth-order valence-corrected chi connectivity index (χ4v) is 7.31. The van der Waals surface area contributed by atoms with Crippen LogP contribution in [-0.4, -0.2) is 206 Å². The van der Waals surface area contributed by atoms with Gasteiger partial charge in [-0.05, 0) is 61.1 Å². The van der Waals surface area contributed by atoms with E-state index in [1.54, 1.807) is 48.8 Å². The summed E-state index contributed by atoms with van der Waals surface area (Å²) in [5.74, 6) is -7.98. The Hall–Kier alpha value is -6.21. The SMILES string of the molecule is O=C(O)CC[C@H](NC(=O)N[C@@H](CCCCN(Cc1ccc(Br)cc1)C(=O)c1ccc(CNC(=O)CN2CCN(CC(=O)O)CCN(CC(=O)O)CCN(CC(=O)O)CC2)cc1)C(=O)O)C(=O)O. The zero-order valence-corrected chi connectivity index (χ0v) is 38.5. The first-order valence-electron chi connectivity index (χ1n) is 21.5. The number of nitrogens with zero attached hydrogens (tertiary/aromatic N) is 5. The summed E-state index contributed by atoms with van der Waals surface area (Å²) in [6.07, 6.45) is -0.425. The molecule has 9 N–H and O–H groups in total. The highest BCUT2D eigenvalue weighted by atomic mass is 79.9. The highest BCUT2D eigenvalue weighted by Crippen LogP contribution is 2.17. The molecule has 1 aliphatic rings. The predicted octanol–water partition coefficient (Wildman–Crippen LogP) is 0.424. The molecule has 1 fully saturated rings. The standard InChI is InChI=1S/C43H59BrN8O15/c44-32-10-6-30(7-11-32)24-52(14-2-1-3-33(41(63)64)46-43(67)47-34(42(65)66)12-13-36(54)55)40(62)31-8-4-29(5-9-31)23-45-35(53)25-48-15-17-49(26-37(56)57)19-21-51(28-39(60)61)22-20-50(18-16-48)27-38(58)59/h4-11,33-34H,1-3,12-28H2,(H,45,53)(H,54,55)(H,56,57)(H,58,59)(H,60,61)(H,63,64)(H,65,66)(H2,46,47,67)/t33-,34-/m0/s1. The first-order chi connectivity index (χ1) is 31.8. The number of halogens is 1. The zero-order chi connectivity index (χ0) is 49.5. The van der Waals surface area contributed by atoms with E-state index >= 15 is 0 Å². The van der Waals surface area contributed by atoms with Crippen molar-refractivity contribution < 1.29 is 73.8 Å². The van der Waals surface area contributed by atoms with Crippen LogP contribution in [0, 0.1) is 0 Å². The lowest BCUT2D eigenvalue weighted by Crippen LogP contribution is -2.51. The van der Waals surface area contributed by atoms with Crippen LogP contribution in [0.5, 0.6) is 0 Å². The van der Waals surface area contributed by atoms with Crippen LogP contribution in [0.2, 0.25) is 0 Å². The molecule has 2 aromatic rings. The van der Waals surface area contributed by atoms with Crippen LogP contribution in [-0.2, 0) is 46.7 Å². The Morgan fingerprint density at radius 3 is 1.42 bits per heavy atom. The van der Waals surface area contributed by atoms with Crippen molar-refractivity contribution in [3.05, 3.63) is 69.7 Å². The van der Waals surface area contributed by atoms with Crippen molar-refractivity contribution in [1.82, 2.24) is 40.4 Å². The van der Waals surface area contributed by atoms with Gasteiger partial charge in [0.1, 0.15) is 12.1 Å². The first-order valence-corrected chi connectivity index (χ1v) is 22.3. The molecule has 4 amide bonds. The van der Waals surface area contributed by atoms with Crippen LogP contribution >= 0.6 is 15.9 Å². The summed E-state index contributed by atoms with van der Waals surface area (Å²) >= 11 is 3.40. The largest absolute Gasteiger partial charge is 0.481 e. The van der Waals surface area contributed by atoms with Crippen LogP contribution < -0.4 is 16.0 Å². The van der Waals surface area contributed by atoms with Crippen molar-refractivity contribution in [3.63, 3.8) is 0 Å². The average molecular weight is 1010 g/mol. The number of carbonyl (C=O) groups excluding carboxylic acids is 3. The van der Waals surface area contributed by atoms with Crippen molar-refractivity contribution >= 4 is 69.6 Å². The molecule has 0 aliphatic carbocycles. The molecule has 0 unspecified atom stereocenters. The van der Waals surface area contributed by atoms with Gasteiger partial charge < -0.3 is 51.5 Å². The Kier molecular flexibility index (Phi) is 23.6. The molecule has 0 saturated carbocycles. The van der Waals surface area contributed by atoms with Crippen molar-refractivity contribution in [2.45, 2.75) is 57.3 Å². The molecule has 1 saturated heterocycles. The van der Waals surface area contributed by atoms with Gasteiger partial charge in [-0.1, -0.05) is 40.2 Å². The molecule has 0 radical (unpaired) electrons. The number of unbranched alkanes of at least 4 members (excludes halogenated alkanes) is 1. The minimum Gasteiger partial charge on any atom is -0.481 e. The zero-order valence-electron chi connectivity index (χ0n) is 36.9. The molecular weight excluding hydrogens is 948 g/mol. The summed E-state index contributed by atoms with van der Waals surface area (Å²) in [4.78, 5) is 117. The number of aliphatic carboxylic acids is 6. The summed E-state index contributed by atoms with van der Waals surface area (Å²) in [5.41, 5.74) is 1.83. The summed E-state index contributed by atoms with van der Waals surface area (Å²) in [7, 11) is 0. The third-order valence-corrected chi connectivity index (χ3v) is 11.2. The van der Waals surface area contributed by atoms with E-state index in [0.29, 0.717) is 17.5 Å². The van der Waals surface area contributed by atoms with Crippen LogP contribution in [0.15, 0.2) is 53.0 Å². The normalized spacial score (nSPS) is 15.4. The van der Waals surface area contributed by atoms with Gasteiger partial charge in [0, 0.05) is 88.4 Å². The Morgan fingerprint density at radius 2 is 0.985 bits per heavy atom. The monoisotopic (exact) mass is 1010 g/mol. The molecule has 0 spiro atoms. The summed E-state index contributed by atoms with van der Waals surface area (Å²) in [6, 6.07) is 9.90. The number of urea groups is 1. The van der Waals surface area contributed by atoms with Gasteiger partial charge in [-0.15, -0.1) is 0 Å². The van der Waals surface area contributed by atoms with Crippen LogP contribution in [0.25, 0.3) is 0 Å². The average Bonchev–Trinajstić information content (AvgIpc) is 3.25. The summed E-state index contributed by atoms with van der Waals surface area (Å²) < 4.78 is 0.834. The molecule has 1 heterocycles. The van der Waals surface area contributed by atoms with E-state index in [1.165, 1.54) is 0 Å². The van der Waals surface area contributed by atoms with E-state index in [4.69, 9.17) is 5.11 Å². The number of hydrogen-bond donors (Lipinski definition) is 9. The van der Waals surface area contributed by atoms with Crippen LogP contribution in [0.3, 0.4) is 0 Å². The van der Waals surface area contributed by atoms with E-state index in [0.717, 1.165) is 10.0 Å². The fourth-order valence-electron chi connectivity index (χ4n) is 7.05. The molecule has 0 bridgehead atoms. The molecule has 67 heavy (non-hydrogen) atoms. The predicted molar refractivity (Wildman–Crippen MR) is 241 cm³/mol. The fraction of sp³-hybridized carbons (Fsp3) is 0.512. The molecule has 1 aliphatic heterocycles. The number of carboxylic acid groups (broad SMARTS) is 6. The maximum absolute atomic E-state index is 13.9. The molecule has 0 aromatic heterocycles. The summed E-state index contributed by atoms with van der Waals surface area (Å²) in [6.45, 7) is 1.58. The Bertz CT molecular complexity index is 1980. The van der Waals surface area contributed by atoms with Crippen molar-refractivity contribution in [2.24, 2.45) is 0 Å².